The maximum Gasteiger partial charge on any atom is 0.253 e. The third-order valence-electron chi connectivity index (χ3n) is 3.84. The Morgan fingerprint density at radius 2 is 1.79 bits per heavy atom. The fraction of sp³-hybridized carbons (Fsp3) is 0.125. The van der Waals surface area contributed by atoms with Crippen LogP contribution in [0.3, 0.4) is 0 Å². The van der Waals surface area contributed by atoms with Crippen molar-refractivity contribution in [2.45, 2.75) is 0 Å². The fourth-order valence-corrected chi connectivity index (χ4v) is 2.87. The van der Waals surface area contributed by atoms with E-state index >= 15 is 0 Å². The van der Waals surface area contributed by atoms with Crippen molar-refractivity contribution in [2.75, 3.05) is 18.5 Å². The van der Waals surface area contributed by atoms with Crippen molar-refractivity contribution in [1.82, 2.24) is 19.6 Å². The van der Waals surface area contributed by atoms with Crippen LogP contribution in [-0.4, -0.2) is 32.8 Å². The third kappa shape index (κ3) is 2.13. The number of aromatic amines is 1. The molecule has 0 unspecified atom stereocenters. The molecule has 0 saturated heterocycles. The number of hydrogen-bond acceptors (Lipinski definition) is 5. The minimum Gasteiger partial charge on any atom is -0.486 e. The largest absolute Gasteiger partial charge is 0.486 e. The third-order valence-corrected chi connectivity index (χ3v) is 4.09. The standard InChI is InChI=1S/C16H12ClN5O2/c17-9-1-3-10(4-2-9)18-15-20-16-19-11-7-13-14(24-6-5-23-13)8-12(11)22(16)21-15/h1-4,7-8H,5-6H2,(H2,18,19,20,21). The SMILES string of the molecule is Clc1ccc(Nc2nc3nc4cc5c(cc4n3[nH]2)OCCO5)cc1. The molecule has 7 nitrogen and oxygen atoms in total. The van der Waals surface area contributed by atoms with Gasteiger partial charge in [0.05, 0.1) is 11.0 Å². The normalized spacial score (nSPS) is 13.5. The van der Waals surface area contributed by atoms with Crippen LogP contribution >= 0.6 is 11.6 Å². The van der Waals surface area contributed by atoms with E-state index in [-0.39, 0.29) is 0 Å². The number of fused-ring (bicyclic) bond motifs is 4. The van der Waals surface area contributed by atoms with Crippen molar-refractivity contribution in [2.24, 2.45) is 0 Å². The van der Waals surface area contributed by atoms with E-state index in [1.807, 2.05) is 40.9 Å². The number of ether oxygens (including phenoxy) is 2. The first-order chi connectivity index (χ1) is 11.8. The van der Waals surface area contributed by atoms with E-state index in [2.05, 4.69) is 20.4 Å². The number of H-pyrrole nitrogens is 1. The summed E-state index contributed by atoms with van der Waals surface area (Å²) < 4.78 is 13.0. The average molecular weight is 342 g/mol. The first-order valence-electron chi connectivity index (χ1n) is 7.47. The highest BCUT2D eigenvalue weighted by Gasteiger charge is 2.17. The van der Waals surface area contributed by atoms with Gasteiger partial charge in [-0.15, -0.1) is 0 Å². The molecule has 2 aromatic carbocycles. The van der Waals surface area contributed by atoms with Gasteiger partial charge in [-0.05, 0) is 24.3 Å². The van der Waals surface area contributed by atoms with Crippen molar-refractivity contribution in [3.8, 4) is 11.5 Å². The van der Waals surface area contributed by atoms with Crippen LogP contribution in [-0.2, 0) is 0 Å². The first-order valence-corrected chi connectivity index (χ1v) is 7.84. The second kappa shape index (κ2) is 5.04. The molecule has 8 heteroatoms. The Kier molecular flexibility index (Phi) is 2.83. The number of anilines is 2. The fourth-order valence-electron chi connectivity index (χ4n) is 2.74. The summed E-state index contributed by atoms with van der Waals surface area (Å²) in [5.74, 6) is 2.60. The van der Waals surface area contributed by atoms with Crippen molar-refractivity contribution in [3.05, 3.63) is 41.4 Å². The zero-order valence-electron chi connectivity index (χ0n) is 12.4. The summed E-state index contributed by atoms with van der Waals surface area (Å²) in [5, 5.41) is 7.07. The molecule has 0 spiro atoms. The molecule has 2 N–H and O–H groups in total. The Labute approximate surface area is 141 Å². The molecule has 1 aliphatic heterocycles. The van der Waals surface area contributed by atoms with Crippen molar-refractivity contribution >= 4 is 40.0 Å². The second-order valence-corrected chi connectivity index (χ2v) is 5.87. The molecule has 0 saturated carbocycles. The summed E-state index contributed by atoms with van der Waals surface area (Å²) in [4.78, 5) is 8.99. The lowest BCUT2D eigenvalue weighted by atomic mass is 10.2. The van der Waals surface area contributed by atoms with Crippen LogP contribution in [0.2, 0.25) is 5.02 Å². The van der Waals surface area contributed by atoms with E-state index in [0.29, 0.717) is 35.7 Å². The quantitative estimate of drug-likeness (QED) is 0.584. The lowest BCUT2D eigenvalue weighted by Crippen LogP contribution is -2.15. The molecule has 0 bridgehead atoms. The number of nitrogens with one attached hydrogen (secondary N) is 2. The van der Waals surface area contributed by atoms with Gasteiger partial charge < -0.3 is 14.8 Å². The maximum absolute atomic E-state index is 5.90. The molecule has 0 radical (unpaired) electrons. The lowest BCUT2D eigenvalue weighted by molar-refractivity contribution is 0.172. The molecule has 0 fully saturated rings. The molecule has 5 rings (SSSR count). The van der Waals surface area contributed by atoms with E-state index in [9.17, 15) is 0 Å². The van der Waals surface area contributed by atoms with Crippen LogP contribution in [0.25, 0.3) is 16.8 Å². The van der Waals surface area contributed by atoms with Gasteiger partial charge in [0, 0.05) is 22.8 Å². The number of hydrogen-bond donors (Lipinski definition) is 2. The predicted molar refractivity (Wildman–Crippen MR) is 90.6 cm³/mol. The highest BCUT2D eigenvalue weighted by Crippen LogP contribution is 2.34. The highest BCUT2D eigenvalue weighted by atomic mass is 35.5. The van der Waals surface area contributed by atoms with Gasteiger partial charge in [-0.1, -0.05) is 11.6 Å². The molecule has 4 aromatic rings. The predicted octanol–water partition coefficient (Wildman–Crippen LogP) is 3.38. The number of rotatable bonds is 2. The summed E-state index contributed by atoms with van der Waals surface area (Å²) in [7, 11) is 0. The van der Waals surface area contributed by atoms with Crippen LogP contribution in [0, 0.1) is 0 Å². The Hall–Kier alpha value is -2.93. The monoisotopic (exact) mass is 341 g/mol. The molecule has 120 valence electrons. The second-order valence-electron chi connectivity index (χ2n) is 5.44. The Bertz CT molecular complexity index is 1050. The van der Waals surface area contributed by atoms with Gasteiger partial charge in [0.1, 0.15) is 13.2 Å². The molecule has 0 atom stereocenters. The zero-order chi connectivity index (χ0) is 16.1. The smallest absolute Gasteiger partial charge is 0.253 e. The molecule has 3 heterocycles. The van der Waals surface area contributed by atoms with Crippen molar-refractivity contribution < 1.29 is 9.47 Å². The highest BCUT2D eigenvalue weighted by molar-refractivity contribution is 6.30. The van der Waals surface area contributed by atoms with E-state index in [4.69, 9.17) is 21.1 Å². The molecule has 24 heavy (non-hydrogen) atoms. The van der Waals surface area contributed by atoms with Crippen LogP contribution < -0.4 is 14.8 Å². The Balaban J connectivity index is 1.56. The molecule has 0 amide bonds. The van der Waals surface area contributed by atoms with Crippen LogP contribution in [0.4, 0.5) is 11.6 Å². The Morgan fingerprint density at radius 1 is 1.04 bits per heavy atom. The van der Waals surface area contributed by atoms with Gasteiger partial charge in [-0.2, -0.15) is 4.98 Å². The van der Waals surface area contributed by atoms with Crippen LogP contribution in [0.15, 0.2) is 36.4 Å². The molecule has 0 aliphatic carbocycles. The summed E-state index contributed by atoms with van der Waals surface area (Å²) in [5.41, 5.74) is 2.57. The molecular formula is C16H12ClN5O2. The summed E-state index contributed by atoms with van der Waals surface area (Å²) in [6.07, 6.45) is 0. The van der Waals surface area contributed by atoms with Crippen molar-refractivity contribution in [1.29, 1.82) is 0 Å². The lowest BCUT2D eigenvalue weighted by Gasteiger charge is -2.17. The number of halogens is 1. The van der Waals surface area contributed by atoms with E-state index in [1.165, 1.54) is 0 Å². The van der Waals surface area contributed by atoms with Crippen molar-refractivity contribution in [3.63, 3.8) is 0 Å². The van der Waals surface area contributed by atoms with Gasteiger partial charge in [0.25, 0.3) is 5.78 Å². The van der Waals surface area contributed by atoms with Gasteiger partial charge in [-0.3, -0.25) is 5.10 Å². The summed E-state index contributed by atoms with van der Waals surface area (Å²) in [6.45, 7) is 1.10. The molecule has 2 aromatic heterocycles. The van der Waals surface area contributed by atoms with Gasteiger partial charge in [-0.25, -0.2) is 9.50 Å². The number of aromatic nitrogens is 4. The minimum atomic E-state index is 0.548. The zero-order valence-corrected chi connectivity index (χ0v) is 13.2. The average Bonchev–Trinajstić information content (AvgIpc) is 3.12. The van der Waals surface area contributed by atoms with Gasteiger partial charge in [0.15, 0.2) is 11.5 Å². The number of nitrogens with zero attached hydrogens (tertiary/aromatic N) is 3. The number of benzene rings is 2. The topological polar surface area (TPSA) is 76.5 Å². The number of imidazole rings is 1. The molecular weight excluding hydrogens is 330 g/mol. The van der Waals surface area contributed by atoms with Crippen LogP contribution in [0.5, 0.6) is 11.5 Å². The Morgan fingerprint density at radius 3 is 2.58 bits per heavy atom. The van der Waals surface area contributed by atoms with Crippen LogP contribution in [0.1, 0.15) is 0 Å². The van der Waals surface area contributed by atoms with E-state index in [0.717, 1.165) is 22.5 Å². The van der Waals surface area contributed by atoms with Gasteiger partial charge >= 0.3 is 0 Å². The van der Waals surface area contributed by atoms with Gasteiger partial charge in [0.2, 0.25) is 5.95 Å². The maximum atomic E-state index is 5.90. The summed E-state index contributed by atoms with van der Waals surface area (Å²) in [6, 6.07) is 11.2. The minimum absolute atomic E-state index is 0.548. The summed E-state index contributed by atoms with van der Waals surface area (Å²) >= 11 is 5.90. The van der Waals surface area contributed by atoms with E-state index in [1.54, 1.807) is 0 Å². The first kappa shape index (κ1) is 13.5. The van der Waals surface area contributed by atoms with E-state index < -0.39 is 0 Å². The molecule has 1 aliphatic rings.